The monoisotopic (exact) mass is 703 g/mol. The van der Waals surface area contributed by atoms with Crippen molar-refractivity contribution in [3.05, 3.63) is 161 Å². The average molecular weight is 704 g/mol. The molecule has 3 N–H and O–H groups in total. The Labute approximate surface area is 311 Å². The molecule has 0 radical (unpaired) electrons. The molecule has 53 heavy (non-hydrogen) atoms. The first-order chi connectivity index (χ1) is 25.9. The number of phenols is 1. The summed E-state index contributed by atoms with van der Waals surface area (Å²) >= 11 is 0. The fourth-order valence-corrected chi connectivity index (χ4v) is 8.31. The van der Waals surface area contributed by atoms with E-state index in [0.29, 0.717) is 48.9 Å². The molecule has 5 aromatic rings. The van der Waals surface area contributed by atoms with Crippen molar-refractivity contribution in [3.63, 3.8) is 0 Å². The number of hydrogen-bond acceptors (Lipinski definition) is 5. The summed E-state index contributed by atoms with van der Waals surface area (Å²) in [6, 6.07) is 39.1. The Morgan fingerprint density at radius 3 is 2.38 bits per heavy atom. The standard InChI is InChI=1S/C46H45N3O4/c1-30-9-24-43(45(51)48-30)49-29-36-27-34(14-22-42(36)46(49)52)31-10-16-37(17-11-31)47-25-5-6-26-53-39-19-12-33(13-20-39)44-40(32-7-3-2-4-8-32)21-15-35-28-38(50)18-23-41(35)44/h2-4,7-8,10-14,16-20,22-23,27-28,40,43-44,47,50H,1,5-6,9,15,21,24-26,29H2,(H,48,51)/t40-,43-,44+/m0/s1. The second kappa shape index (κ2) is 15.0. The van der Waals surface area contributed by atoms with Crippen molar-refractivity contribution in [2.75, 3.05) is 18.5 Å². The lowest BCUT2D eigenvalue weighted by Crippen LogP contribution is -2.49. The molecule has 7 heteroatoms. The Balaban J connectivity index is 0.814. The second-order valence-corrected chi connectivity index (χ2v) is 14.5. The van der Waals surface area contributed by atoms with Gasteiger partial charge in [0, 0.05) is 36.0 Å². The number of ether oxygens (including phenoxy) is 1. The number of benzene rings is 5. The van der Waals surface area contributed by atoms with Crippen molar-refractivity contribution in [2.24, 2.45) is 0 Å². The van der Waals surface area contributed by atoms with E-state index in [9.17, 15) is 14.7 Å². The molecule has 2 aliphatic heterocycles. The third kappa shape index (κ3) is 7.29. The lowest BCUT2D eigenvalue weighted by atomic mass is 9.69. The number of rotatable bonds is 11. The van der Waals surface area contributed by atoms with E-state index in [4.69, 9.17) is 4.74 Å². The van der Waals surface area contributed by atoms with E-state index in [2.05, 4.69) is 108 Å². The Bertz CT molecular complexity index is 2130. The summed E-state index contributed by atoms with van der Waals surface area (Å²) in [4.78, 5) is 27.4. The number of allylic oxidation sites excluding steroid dienone is 1. The highest BCUT2D eigenvalue weighted by atomic mass is 16.5. The zero-order valence-corrected chi connectivity index (χ0v) is 29.9. The Morgan fingerprint density at radius 2 is 1.58 bits per heavy atom. The third-order valence-corrected chi connectivity index (χ3v) is 11.1. The number of aromatic hydroxyl groups is 1. The maximum atomic E-state index is 13.1. The number of fused-ring (bicyclic) bond motifs is 2. The number of hydrogen-bond donors (Lipinski definition) is 3. The van der Waals surface area contributed by atoms with Crippen LogP contribution < -0.4 is 15.4 Å². The Morgan fingerprint density at radius 1 is 0.792 bits per heavy atom. The quantitative estimate of drug-likeness (QED) is 0.120. The highest BCUT2D eigenvalue weighted by Crippen LogP contribution is 2.47. The van der Waals surface area contributed by atoms with Crippen LogP contribution in [0.15, 0.2) is 128 Å². The van der Waals surface area contributed by atoms with Crippen LogP contribution in [0, 0.1) is 0 Å². The van der Waals surface area contributed by atoms with E-state index in [1.165, 1.54) is 22.3 Å². The first kappa shape index (κ1) is 34.3. The molecule has 3 aliphatic rings. The maximum Gasteiger partial charge on any atom is 0.255 e. The number of carbonyl (C=O) groups is 2. The van der Waals surface area contributed by atoms with Gasteiger partial charge in [0.15, 0.2) is 0 Å². The maximum absolute atomic E-state index is 13.1. The number of piperidine rings is 1. The molecular weight excluding hydrogens is 659 g/mol. The lowest BCUT2D eigenvalue weighted by Gasteiger charge is -2.34. The van der Waals surface area contributed by atoms with Crippen molar-refractivity contribution < 1.29 is 19.4 Å². The molecule has 5 aromatic carbocycles. The van der Waals surface area contributed by atoms with Gasteiger partial charge in [0.2, 0.25) is 5.91 Å². The molecule has 2 amide bonds. The van der Waals surface area contributed by atoms with Crippen LogP contribution >= 0.6 is 0 Å². The Hall–Kier alpha value is -5.82. The number of carbonyl (C=O) groups excluding carboxylic acids is 2. The van der Waals surface area contributed by atoms with Gasteiger partial charge in [-0.1, -0.05) is 73.3 Å². The summed E-state index contributed by atoms with van der Waals surface area (Å²) in [5, 5.41) is 16.5. The smallest absolute Gasteiger partial charge is 0.255 e. The minimum absolute atomic E-state index is 0.0800. The fraction of sp³-hybridized carbons (Fsp3) is 0.261. The summed E-state index contributed by atoms with van der Waals surface area (Å²) in [5.41, 5.74) is 10.7. The minimum Gasteiger partial charge on any atom is -0.508 e. The van der Waals surface area contributed by atoms with Crippen LogP contribution in [0.1, 0.15) is 82.1 Å². The van der Waals surface area contributed by atoms with Crippen molar-refractivity contribution in [1.29, 1.82) is 0 Å². The highest BCUT2D eigenvalue weighted by molar-refractivity contribution is 6.02. The van der Waals surface area contributed by atoms with Gasteiger partial charge >= 0.3 is 0 Å². The third-order valence-electron chi connectivity index (χ3n) is 11.1. The van der Waals surface area contributed by atoms with Gasteiger partial charge in [-0.05, 0) is 132 Å². The van der Waals surface area contributed by atoms with Gasteiger partial charge in [0.1, 0.15) is 17.5 Å². The van der Waals surface area contributed by atoms with Gasteiger partial charge in [-0.3, -0.25) is 9.59 Å². The topological polar surface area (TPSA) is 90.9 Å². The predicted molar refractivity (Wildman–Crippen MR) is 209 cm³/mol. The largest absolute Gasteiger partial charge is 0.508 e. The predicted octanol–water partition coefficient (Wildman–Crippen LogP) is 8.94. The number of phenolic OH excluding ortho intramolecular Hbond substituents is 1. The van der Waals surface area contributed by atoms with E-state index < -0.39 is 6.04 Å². The van der Waals surface area contributed by atoms with E-state index in [0.717, 1.165) is 60.4 Å². The van der Waals surface area contributed by atoms with Gasteiger partial charge in [0.05, 0.1) is 6.61 Å². The van der Waals surface area contributed by atoms with Crippen molar-refractivity contribution >= 4 is 17.5 Å². The Kier molecular flexibility index (Phi) is 9.72. The molecule has 0 spiro atoms. The van der Waals surface area contributed by atoms with E-state index in [1.54, 1.807) is 4.90 Å². The molecule has 268 valence electrons. The first-order valence-electron chi connectivity index (χ1n) is 18.8. The van der Waals surface area contributed by atoms with E-state index in [1.807, 2.05) is 24.3 Å². The summed E-state index contributed by atoms with van der Waals surface area (Å²) < 4.78 is 6.14. The molecule has 1 fully saturated rings. The zero-order valence-electron chi connectivity index (χ0n) is 29.9. The SMILES string of the molecule is C=C1CC[C@H](N2Cc3cc(-c4ccc(NCCCCOc5ccc([C@H]6c7ccc(O)cc7CC[C@H]6c6ccccc6)cc5)cc4)ccc3C2=O)C(=O)N1. The van der Waals surface area contributed by atoms with Crippen molar-refractivity contribution in [3.8, 4) is 22.6 Å². The van der Waals surface area contributed by atoms with Crippen LogP contribution in [-0.4, -0.2) is 41.0 Å². The summed E-state index contributed by atoms with van der Waals surface area (Å²) in [6.45, 7) is 5.79. The van der Waals surface area contributed by atoms with Crippen LogP contribution in [0.25, 0.3) is 11.1 Å². The van der Waals surface area contributed by atoms with Crippen LogP contribution in [0.4, 0.5) is 5.69 Å². The average Bonchev–Trinajstić information content (AvgIpc) is 3.51. The van der Waals surface area contributed by atoms with E-state index >= 15 is 0 Å². The van der Waals surface area contributed by atoms with Crippen LogP contribution in [0.2, 0.25) is 0 Å². The van der Waals surface area contributed by atoms with Gasteiger partial charge in [0.25, 0.3) is 5.91 Å². The van der Waals surface area contributed by atoms with Gasteiger partial charge in [-0.2, -0.15) is 0 Å². The highest BCUT2D eigenvalue weighted by Gasteiger charge is 2.38. The van der Waals surface area contributed by atoms with Crippen LogP contribution in [-0.2, 0) is 17.8 Å². The lowest BCUT2D eigenvalue weighted by molar-refractivity contribution is -0.126. The number of amides is 2. The molecule has 0 bridgehead atoms. The molecule has 3 atom stereocenters. The number of nitrogens with zero attached hydrogens (tertiary/aromatic N) is 1. The van der Waals surface area contributed by atoms with Crippen LogP contribution in [0.3, 0.4) is 0 Å². The summed E-state index contributed by atoms with van der Waals surface area (Å²) in [7, 11) is 0. The zero-order chi connectivity index (χ0) is 36.3. The molecular formula is C46H45N3O4. The van der Waals surface area contributed by atoms with Crippen molar-refractivity contribution in [1.82, 2.24) is 10.2 Å². The van der Waals surface area contributed by atoms with Crippen molar-refractivity contribution in [2.45, 2.75) is 62.9 Å². The summed E-state index contributed by atoms with van der Waals surface area (Å²) in [5.74, 6) is 1.58. The molecule has 1 saturated heterocycles. The van der Waals surface area contributed by atoms with Gasteiger partial charge in [-0.15, -0.1) is 0 Å². The molecule has 0 unspecified atom stereocenters. The second-order valence-electron chi connectivity index (χ2n) is 14.5. The van der Waals surface area contributed by atoms with Crippen LogP contribution in [0.5, 0.6) is 11.5 Å². The molecule has 1 aliphatic carbocycles. The molecule has 2 heterocycles. The minimum atomic E-state index is -0.454. The van der Waals surface area contributed by atoms with E-state index in [-0.39, 0.29) is 17.7 Å². The normalized spacial score (nSPS) is 19.4. The first-order valence-corrected chi connectivity index (χ1v) is 18.8. The fourth-order valence-electron chi connectivity index (χ4n) is 8.31. The number of unbranched alkanes of at least 4 members (excludes halogenated alkanes) is 1. The number of nitrogens with one attached hydrogen (secondary N) is 2. The molecule has 0 saturated carbocycles. The number of anilines is 1. The van der Waals surface area contributed by atoms with Gasteiger partial charge in [-0.25, -0.2) is 0 Å². The van der Waals surface area contributed by atoms with Gasteiger partial charge < -0.3 is 25.4 Å². The number of aryl methyl sites for hydroxylation is 1. The molecule has 8 rings (SSSR count). The molecule has 0 aromatic heterocycles. The summed E-state index contributed by atoms with van der Waals surface area (Å²) in [6.07, 6.45) is 5.21. The molecule has 7 nitrogen and oxygen atoms in total.